The van der Waals surface area contributed by atoms with E-state index in [2.05, 4.69) is 9.72 Å². The molecule has 2 N–H and O–H groups in total. The molecule has 0 amide bonds. The molecule has 0 saturated heterocycles. The number of nitrogen functional groups attached to an aromatic ring is 1. The van der Waals surface area contributed by atoms with Crippen LogP contribution < -0.4 is 5.73 Å². The molecule has 1 heterocycles. The molecule has 0 fully saturated rings. The molecule has 0 aliphatic rings. The Morgan fingerprint density at radius 2 is 2.35 bits per heavy atom. The first-order valence-electron chi connectivity index (χ1n) is 5.40. The van der Waals surface area contributed by atoms with Crippen LogP contribution in [0.1, 0.15) is 19.4 Å². The number of rotatable bonds is 3. The predicted molar refractivity (Wildman–Crippen MR) is 65.5 cm³/mol. The van der Waals surface area contributed by atoms with Crippen LogP contribution in [0.5, 0.6) is 0 Å². The Hall–Kier alpha value is -2.04. The predicted octanol–water partition coefficient (Wildman–Crippen LogP) is 1.74. The normalized spacial score (nSPS) is 12.6. The van der Waals surface area contributed by atoms with Gasteiger partial charge in [-0.3, -0.25) is 4.79 Å². The van der Waals surface area contributed by atoms with Gasteiger partial charge in [0.05, 0.1) is 30.9 Å². The van der Waals surface area contributed by atoms with E-state index >= 15 is 0 Å². The lowest BCUT2D eigenvalue weighted by molar-refractivity contribution is -0.141. The number of methoxy groups -OCH3 is 1. The number of imidazole rings is 1. The SMILES string of the molecule is COC(=O)CC(C)n1cnc2ccc(N)cc21. The Bertz CT molecular complexity index is 548. The summed E-state index contributed by atoms with van der Waals surface area (Å²) in [7, 11) is 1.39. The standard InChI is InChI=1S/C12H15N3O2/c1-8(5-12(16)17-2)15-7-14-10-4-3-9(13)6-11(10)15/h3-4,6-8H,5,13H2,1-2H3. The number of carbonyl (C=O) groups excluding carboxylic acids is 1. The third kappa shape index (κ3) is 2.22. The van der Waals surface area contributed by atoms with Gasteiger partial charge in [0.2, 0.25) is 0 Å². The van der Waals surface area contributed by atoms with E-state index in [9.17, 15) is 4.79 Å². The Balaban J connectivity index is 2.35. The van der Waals surface area contributed by atoms with E-state index in [4.69, 9.17) is 5.73 Å². The molecule has 2 rings (SSSR count). The number of hydrogen-bond acceptors (Lipinski definition) is 4. The molecule has 1 aromatic carbocycles. The maximum atomic E-state index is 11.2. The van der Waals surface area contributed by atoms with Crippen molar-refractivity contribution in [3.63, 3.8) is 0 Å². The molecule has 5 heteroatoms. The zero-order chi connectivity index (χ0) is 12.4. The number of anilines is 1. The van der Waals surface area contributed by atoms with Crippen molar-refractivity contribution in [2.24, 2.45) is 0 Å². The van der Waals surface area contributed by atoms with Crippen molar-refractivity contribution in [2.45, 2.75) is 19.4 Å². The molecule has 0 aliphatic heterocycles. The molecule has 0 spiro atoms. The lowest BCUT2D eigenvalue weighted by Gasteiger charge is -2.13. The third-order valence-electron chi connectivity index (χ3n) is 2.76. The second-order valence-electron chi connectivity index (χ2n) is 4.03. The summed E-state index contributed by atoms with van der Waals surface area (Å²) in [6.45, 7) is 1.95. The van der Waals surface area contributed by atoms with Gasteiger partial charge in [0.25, 0.3) is 0 Å². The lowest BCUT2D eigenvalue weighted by Crippen LogP contribution is -2.11. The van der Waals surface area contributed by atoms with Crippen molar-refractivity contribution >= 4 is 22.7 Å². The summed E-state index contributed by atoms with van der Waals surface area (Å²) >= 11 is 0. The largest absolute Gasteiger partial charge is 0.469 e. The maximum absolute atomic E-state index is 11.2. The van der Waals surface area contributed by atoms with E-state index < -0.39 is 0 Å². The maximum Gasteiger partial charge on any atom is 0.307 e. The lowest BCUT2D eigenvalue weighted by atomic mass is 10.2. The zero-order valence-electron chi connectivity index (χ0n) is 9.88. The summed E-state index contributed by atoms with van der Waals surface area (Å²) in [5.74, 6) is -0.233. The number of nitrogens with two attached hydrogens (primary N) is 1. The molecule has 1 atom stereocenters. The van der Waals surface area contributed by atoms with E-state index in [0.29, 0.717) is 12.1 Å². The highest BCUT2D eigenvalue weighted by molar-refractivity contribution is 5.79. The second-order valence-corrected chi connectivity index (χ2v) is 4.03. The van der Waals surface area contributed by atoms with Crippen LogP contribution in [-0.2, 0) is 9.53 Å². The van der Waals surface area contributed by atoms with Crippen molar-refractivity contribution in [2.75, 3.05) is 12.8 Å². The van der Waals surface area contributed by atoms with E-state index in [-0.39, 0.29) is 12.0 Å². The van der Waals surface area contributed by atoms with Crippen molar-refractivity contribution in [3.8, 4) is 0 Å². The van der Waals surface area contributed by atoms with Crippen LogP contribution >= 0.6 is 0 Å². The van der Waals surface area contributed by atoms with Gasteiger partial charge in [-0.25, -0.2) is 4.98 Å². The molecule has 1 unspecified atom stereocenters. The van der Waals surface area contributed by atoms with Gasteiger partial charge < -0.3 is 15.0 Å². The van der Waals surface area contributed by atoms with Crippen LogP contribution in [-0.4, -0.2) is 22.6 Å². The molecule has 17 heavy (non-hydrogen) atoms. The third-order valence-corrected chi connectivity index (χ3v) is 2.76. The first kappa shape index (κ1) is 11.4. The monoisotopic (exact) mass is 233 g/mol. The summed E-state index contributed by atoms with van der Waals surface area (Å²) in [5.41, 5.74) is 8.23. The van der Waals surface area contributed by atoms with Crippen LogP contribution in [0.15, 0.2) is 24.5 Å². The van der Waals surface area contributed by atoms with Crippen molar-refractivity contribution in [1.29, 1.82) is 0 Å². The molecule has 5 nitrogen and oxygen atoms in total. The molecule has 0 radical (unpaired) electrons. The minimum atomic E-state index is -0.233. The van der Waals surface area contributed by atoms with Gasteiger partial charge in [0.15, 0.2) is 0 Å². The van der Waals surface area contributed by atoms with Gasteiger partial charge in [-0.15, -0.1) is 0 Å². The quantitative estimate of drug-likeness (QED) is 0.647. The highest BCUT2D eigenvalue weighted by atomic mass is 16.5. The Kier molecular flexibility index (Phi) is 2.99. The van der Waals surface area contributed by atoms with Gasteiger partial charge in [0.1, 0.15) is 0 Å². The highest BCUT2D eigenvalue weighted by Gasteiger charge is 2.13. The van der Waals surface area contributed by atoms with Crippen molar-refractivity contribution in [1.82, 2.24) is 9.55 Å². The molecule has 0 saturated carbocycles. The fourth-order valence-electron chi connectivity index (χ4n) is 1.82. The topological polar surface area (TPSA) is 70.1 Å². The van der Waals surface area contributed by atoms with Gasteiger partial charge >= 0.3 is 5.97 Å². The Morgan fingerprint density at radius 3 is 3.06 bits per heavy atom. The first-order valence-corrected chi connectivity index (χ1v) is 5.40. The van der Waals surface area contributed by atoms with E-state index in [1.54, 1.807) is 6.33 Å². The van der Waals surface area contributed by atoms with E-state index in [1.807, 2.05) is 29.7 Å². The minimum Gasteiger partial charge on any atom is -0.469 e. The number of nitrogens with zero attached hydrogens (tertiary/aromatic N) is 2. The summed E-state index contributed by atoms with van der Waals surface area (Å²) in [6.07, 6.45) is 2.04. The Morgan fingerprint density at radius 1 is 1.59 bits per heavy atom. The second kappa shape index (κ2) is 4.45. The van der Waals surface area contributed by atoms with Crippen LogP contribution in [0.4, 0.5) is 5.69 Å². The molecule has 2 aromatic rings. The zero-order valence-corrected chi connectivity index (χ0v) is 9.88. The molecule has 1 aromatic heterocycles. The first-order chi connectivity index (χ1) is 8.11. The summed E-state index contributed by atoms with van der Waals surface area (Å²) in [5, 5.41) is 0. The van der Waals surface area contributed by atoms with Crippen LogP contribution in [0.25, 0.3) is 11.0 Å². The highest BCUT2D eigenvalue weighted by Crippen LogP contribution is 2.21. The average molecular weight is 233 g/mol. The number of esters is 1. The van der Waals surface area contributed by atoms with Gasteiger partial charge in [0, 0.05) is 11.7 Å². The smallest absolute Gasteiger partial charge is 0.307 e. The number of carbonyl (C=O) groups is 1. The van der Waals surface area contributed by atoms with Crippen molar-refractivity contribution < 1.29 is 9.53 Å². The molecular weight excluding hydrogens is 218 g/mol. The summed E-state index contributed by atoms with van der Waals surface area (Å²) in [6, 6.07) is 5.53. The number of benzene rings is 1. The number of ether oxygens (including phenoxy) is 1. The van der Waals surface area contributed by atoms with E-state index in [1.165, 1.54) is 7.11 Å². The van der Waals surface area contributed by atoms with Gasteiger partial charge in [-0.05, 0) is 25.1 Å². The number of hydrogen-bond donors (Lipinski definition) is 1. The van der Waals surface area contributed by atoms with Gasteiger partial charge in [-0.2, -0.15) is 0 Å². The fraction of sp³-hybridized carbons (Fsp3) is 0.333. The van der Waals surface area contributed by atoms with E-state index in [0.717, 1.165) is 11.0 Å². The molecule has 0 bridgehead atoms. The van der Waals surface area contributed by atoms with Crippen molar-refractivity contribution in [3.05, 3.63) is 24.5 Å². The van der Waals surface area contributed by atoms with Crippen LogP contribution in [0.3, 0.4) is 0 Å². The fourth-order valence-corrected chi connectivity index (χ4v) is 1.82. The molecule has 0 aliphatic carbocycles. The average Bonchev–Trinajstić information content (AvgIpc) is 2.71. The number of aromatic nitrogens is 2. The van der Waals surface area contributed by atoms with Gasteiger partial charge in [-0.1, -0.05) is 0 Å². The van der Waals surface area contributed by atoms with Crippen LogP contribution in [0.2, 0.25) is 0 Å². The number of fused-ring (bicyclic) bond motifs is 1. The summed E-state index contributed by atoms with van der Waals surface area (Å²) in [4.78, 5) is 15.5. The summed E-state index contributed by atoms with van der Waals surface area (Å²) < 4.78 is 6.59. The minimum absolute atomic E-state index is 0.00532. The molecule has 90 valence electrons. The Labute approximate surface area is 99.2 Å². The van der Waals surface area contributed by atoms with Crippen LogP contribution in [0, 0.1) is 0 Å². The molecular formula is C12H15N3O2.